The van der Waals surface area contributed by atoms with Crippen LogP contribution in [0.1, 0.15) is 32.6 Å². The van der Waals surface area contributed by atoms with E-state index in [0.717, 1.165) is 50.3 Å². The highest BCUT2D eigenvalue weighted by Crippen LogP contribution is 2.23. The summed E-state index contributed by atoms with van der Waals surface area (Å²) in [7, 11) is 0. The van der Waals surface area contributed by atoms with E-state index in [0.29, 0.717) is 12.3 Å². The minimum atomic E-state index is -0.0778. The maximum absolute atomic E-state index is 12.4. The second-order valence-corrected chi connectivity index (χ2v) is 6.90. The Morgan fingerprint density at radius 3 is 2.52 bits per heavy atom. The summed E-state index contributed by atoms with van der Waals surface area (Å²) in [6.45, 7) is 4.22. The Labute approximate surface area is 159 Å². The summed E-state index contributed by atoms with van der Waals surface area (Å²) in [5.41, 5.74) is 1.56. The first-order valence-corrected chi connectivity index (χ1v) is 9.57. The third-order valence-corrected chi connectivity index (χ3v) is 4.95. The molecule has 1 aliphatic heterocycles. The van der Waals surface area contributed by atoms with Crippen LogP contribution in [-0.2, 0) is 11.3 Å². The smallest absolute Gasteiger partial charge is 0.321 e. The Kier molecular flexibility index (Phi) is 6.46. The van der Waals surface area contributed by atoms with E-state index in [-0.39, 0.29) is 11.9 Å². The van der Waals surface area contributed by atoms with Gasteiger partial charge in [-0.15, -0.1) is 0 Å². The van der Waals surface area contributed by atoms with E-state index >= 15 is 0 Å². The topological polar surface area (TPSA) is 79.3 Å². The van der Waals surface area contributed by atoms with Gasteiger partial charge in [-0.25, -0.2) is 4.79 Å². The molecule has 0 bridgehead atoms. The summed E-state index contributed by atoms with van der Waals surface area (Å²) in [6, 6.07) is 9.44. The van der Waals surface area contributed by atoms with E-state index < -0.39 is 0 Å². The fourth-order valence-corrected chi connectivity index (χ4v) is 3.31. The minimum Gasteiger partial charge on any atom is -0.326 e. The number of likely N-dealkylation sites (tertiary alicyclic amines) is 1. The number of aromatic nitrogens is 2. The molecule has 0 radical (unpaired) electrons. The van der Waals surface area contributed by atoms with Gasteiger partial charge in [-0.2, -0.15) is 5.10 Å². The van der Waals surface area contributed by atoms with Gasteiger partial charge >= 0.3 is 6.03 Å². The van der Waals surface area contributed by atoms with Crippen LogP contribution >= 0.6 is 0 Å². The lowest BCUT2D eigenvalue weighted by molar-refractivity contribution is -0.116. The highest BCUT2D eigenvalue weighted by Gasteiger charge is 2.23. The molecule has 1 saturated heterocycles. The van der Waals surface area contributed by atoms with Gasteiger partial charge < -0.3 is 15.5 Å². The fourth-order valence-electron chi connectivity index (χ4n) is 3.31. The summed E-state index contributed by atoms with van der Waals surface area (Å²) in [5, 5.41) is 9.98. The summed E-state index contributed by atoms with van der Waals surface area (Å²) in [6.07, 6.45) is 6.73. The van der Waals surface area contributed by atoms with Crippen molar-refractivity contribution in [3.63, 3.8) is 0 Å². The molecule has 0 unspecified atom stereocenters. The second kappa shape index (κ2) is 9.21. The number of anilines is 2. The molecule has 2 heterocycles. The van der Waals surface area contributed by atoms with E-state index in [4.69, 9.17) is 0 Å². The third kappa shape index (κ3) is 5.57. The molecule has 3 amide bonds. The van der Waals surface area contributed by atoms with Crippen molar-refractivity contribution in [2.45, 2.75) is 39.2 Å². The highest BCUT2D eigenvalue weighted by atomic mass is 16.2. The van der Waals surface area contributed by atoms with Gasteiger partial charge in [-0.3, -0.25) is 9.48 Å². The number of hydrogen-bond acceptors (Lipinski definition) is 3. The Balaban J connectivity index is 1.37. The number of nitrogens with one attached hydrogen (secondary N) is 2. The number of amides is 3. The van der Waals surface area contributed by atoms with Crippen molar-refractivity contribution in [1.82, 2.24) is 14.7 Å². The molecule has 2 N–H and O–H groups in total. The summed E-state index contributed by atoms with van der Waals surface area (Å²) >= 11 is 0. The monoisotopic (exact) mass is 369 g/mol. The van der Waals surface area contributed by atoms with Crippen LogP contribution in [0.4, 0.5) is 16.2 Å². The Morgan fingerprint density at radius 1 is 1.11 bits per heavy atom. The first-order chi connectivity index (χ1) is 13.1. The molecule has 0 saturated carbocycles. The molecule has 1 fully saturated rings. The molecule has 27 heavy (non-hydrogen) atoms. The van der Waals surface area contributed by atoms with Gasteiger partial charge in [0.2, 0.25) is 5.91 Å². The maximum atomic E-state index is 12.4. The average molecular weight is 369 g/mol. The molecule has 0 aliphatic carbocycles. The number of piperidine rings is 1. The van der Waals surface area contributed by atoms with Crippen LogP contribution in [0.5, 0.6) is 0 Å². The number of aryl methyl sites for hydroxylation is 1. The van der Waals surface area contributed by atoms with Gasteiger partial charge in [0.05, 0.1) is 11.9 Å². The zero-order valence-electron chi connectivity index (χ0n) is 15.7. The SMILES string of the molecule is CCn1cc(NC(=O)N2CCC(CCC(=O)Nc3ccccc3)CC2)cn1. The van der Waals surface area contributed by atoms with Crippen molar-refractivity contribution in [2.24, 2.45) is 5.92 Å². The van der Waals surface area contributed by atoms with Crippen LogP contribution in [-0.4, -0.2) is 39.7 Å². The predicted octanol–water partition coefficient (Wildman–Crippen LogP) is 3.57. The fraction of sp³-hybridized carbons (Fsp3) is 0.450. The van der Waals surface area contributed by atoms with Crippen molar-refractivity contribution in [3.8, 4) is 0 Å². The summed E-state index contributed by atoms with van der Waals surface area (Å²) < 4.78 is 1.78. The number of urea groups is 1. The van der Waals surface area contributed by atoms with Gasteiger partial charge in [-0.05, 0) is 44.2 Å². The van der Waals surface area contributed by atoms with Crippen molar-refractivity contribution in [2.75, 3.05) is 23.7 Å². The largest absolute Gasteiger partial charge is 0.326 e. The zero-order chi connectivity index (χ0) is 19.1. The van der Waals surface area contributed by atoms with Gasteiger partial charge in [-0.1, -0.05) is 18.2 Å². The van der Waals surface area contributed by atoms with Crippen molar-refractivity contribution >= 4 is 23.3 Å². The van der Waals surface area contributed by atoms with Crippen molar-refractivity contribution in [3.05, 3.63) is 42.7 Å². The number of carbonyl (C=O) groups excluding carboxylic acids is 2. The number of carbonyl (C=O) groups is 2. The standard InChI is InChI=1S/C20H27N5O2/c1-2-25-15-18(14-21-25)23-20(27)24-12-10-16(11-13-24)8-9-19(26)22-17-6-4-3-5-7-17/h3-7,14-16H,2,8-13H2,1H3,(H,22,26)(H,23,27). The van der Waals surface area contributed by atoms with Gasteiger partial charge in [0.25, 0.3) is 0 Å². The lowest BCUT2D eigenvalue weighted by Gasteiger charge is -2.31. The molecule has 0 spiro atoms. The molecule has 3 rings (SSSR count). The molecular weight excluding hydrogens is 342 g/mol. The van der Waals surface area contributed by atoms with Crippen molar-refractivity contribution < 1.29 is 9.59 Å². The van der Waals surface area contributed by atoms with E-state index in [9.17, 15) is 9.59 Å². The van der Waals surface area contributed by atoms with Gasteiger partial charge in [0.15, 0.2) is 0 Å². The number of rotatable bonds is 6. The molecule has 144 valence electrons. The summed E-state index contributed by atoms with van der Waals surface area (Å²) in [4.78, 5) is 26.3. The normalized spacial score (nSPS) is 14.8. The first kappa shape index (κ1) is 18.9. The Morgan fingerprint density at radius 2 is 1.85 bits per heavy atom. The third-order valence-electron chi connectivity index (χ3n) is 4.95. The molecule has 1 aromatic carbocycles. The second-order valence-electron chi connectivity index (χ2n) is 6.90. The Hall–Kier alpha value is -2.83. The molecule has 2 aromatic rings. The average Bonchev–Trinajstić information content (AvgIpc) is 3.15. The van der Waals surface area contributed by atoms with E-state index in [2.05, 4.69) is 15.7 Å². The number of hydrogen-bond donors (Lipinski definition) is 2. The number of benzene rings is 1. The first-order valence-electron chi connectivity index (χ1n) is 9.57. The van der Waals surface area contributed by atoms with Gasteiger partial charge in [0, 0.05) is 37.9 Å². The number of para-hydroxylation sites is 1. The van der Waals surface area contributed by atoms with Gasteiger partial charge in [0.1, 0.15) is 0 Å². The zero-order valence-corrected chi connectivity index (χ0v) is 15.7. The molecule has 0 atom stereocenters. The lowest BCUT2D eigenvalue weighted by Crippen LogP contribution is -2.41. The van der Waals surface area contributed by atoms with E-state index in [1.807, 2.05) is 48.4 Å². The predicted molar refractivity (Wildman–Crippen MR) is 106 cm³/mol. The number of nitrogens with zero attached hydrogens (tertiary/aromatic N) is 3. The van der Waals surface area contributed by atoms with E-state index in [1.54, 1.807) is 10.9 Å². The van der Waals surface area contributed by atoms with Crippen LogP contribution in [0.25, 0.3) is 0 Å². The van der Waals surface area contributed by atoms with Crippen LogP contribution in [0, 0.1) is 5.92 Å². The maximum Gasteiger partial charge on any atom is 0.321 e. The molecule has 7 nitrogen and oxygen atoms in total. The van der Waals surface area contributed by atoms with Crippen LogP contribution in [0.3, 0.4) is 0 Å². The van der Waals surface area contributed by atoms with Crippen LogP contribution in [0.2, 0.25) is 0 Å². The van der Waals surface area contributed by atoms with Crippen LogP contribution < -0.4 is 10.6 Å². The molecular formula is C20H27N5O2. The highest BCUT2D eigenvalue weighted by molar-refractivity contribution is 5.90. The quantitative estimate of drug-likeness (QED) is 0.817. The lowest BCUT2D eigenvalue weighted by atomic mass is 9.92. The molecule has 7 heteroatoms. The van der Waals surface area contributed by atoms with Crippen molar-refractivity contribution in [1.29, 1.82) is 0 Å². The summed E-state index contributed by atoms with van der Waals surface area (Å²) in [5.74, 6) is 0.535. The molecule has 1 aliphatic rings. The molecule has 1 aromatic heterocycles. The van der Waals surface area contributed by atoms with E-state index in [1.165, 1.54) is 0 Å². The Bertz CT molecular complexity index is 751. The minimum absolute atomic E-state index is 0.0503. The van der Waals surface area contributed by atoms with Crippen LogP contribution in [0.15, 0.2) is 42.7 Å².